The summed E-state index contributed by atoms with van der Waals surface area (Å²) in [7, 11) is 0. The van der Waals surface area contributed by atoms with Gasteiger partial charge in [0, 0.05) is 29.1 Å². The summed E-state index contributed by atoms with van der Waals surface area (Å²) < 4.78 is 15.5. The smallest absolute Gasteiger partial charge is 0.137 e. The molecule has 4 aromatic rings. The van der Waals surface area contributed by atoms with Crippen LogP contribution in [0.3, 0.4) is 0 Å². The Morgan fingerprint density at radius 1 is 1.08 bits per heavy atom. The zero-order chi connectivity index (χ0) is 18.3. The van der Waals surface area contributed by atoms with E-state index in [-0.39, 0.29) is 5.82 Å². The standard InChI is InChI=1S/C21H18FN3O/c1-13-10-15(5-7-18(13)22)21-17(4-3-9-23-21)16-6-8-20-24-11-19(14(2)26)25(20)12-16/h3-12,14,26H,1-2H3. The van der Waals surface area contributed by atoms with Gasteiger partial charge in [0.2, 0.25) is 0 Å². The Balaban J connectivity index is 1.90. The minimum absolute atomic E-state index is 0.229. The molecule has 1 N–H and O–H groups in total. The third kappa shape index (κ3) is 2.76. The lowest BCUT2D eigenvalue weighted by molar-refractivity contribution is 0.193. The highest BCUT2D eigenvalue weighted by Gasteiger charge is 2.13. The number of benzene rings is 1. The van der Waals surface area contributed by atoms with Gasteiger partial charge in [-0.05, 0) is 55.8 Å². The number of aromatic nitrogens is 3. The Kier molecular flexibility index (Phi) is 4.01. The highest BCUT2D eigenvalue weighted by molar-refractivity contribution is 5.81. The maximum Gasteiger partial charge on any atom is 0.137 e. The topological polar surface area (TPSA) is 50.4 Å². The SMILES string of the molecule is Cc1cc(-c2ncccc2-c2ccc3ncc(C(C)O)n3c2)ccc1F. The summed E-state index contributed by atoms with van der Waals surface area (Å²) in [5.41, 5.74) is 5.61. The molecule has 26 heavy (non-hydrogen) atoms. The van der Waals surface area contributed by atoms with Gasteiger partial charge in [0.25, 0.3) is 0 Å². The van der Waals surface area contributed by atoms with E-state index < -0.39 is 6.10 Å². The molecule has 0 radical (unpaired) electrons. The molecule has 4 nitrogen and oxygen atoms in total. The number of aliphatic hydroxyl groups excluding tert-OH is 1. The number of nitrogens with zero attached hydrogens (tertiary/aromatic N) is 3. The lowest BCUT2D eigenvalue weighted by atomic mass is 9.99. The molecule has 130 valence electrons. The van der Waals surface area contributed by atoms with Gasteiger partial charge in [-0.3, -0.25) is 4.98 Å². The van der Waals surface area contributed by atoms with Crippen LogP contribution in [0.4, 0.5) is 4.39 Å². The zero-order valence-electron chi connectivity index (χ0n) is 14.5. The summed E-state index contributed by atoms with van der Waals surface area (Å²) in [5.74, 6) is -0.229. The number of aryl methyl sites for hydroxylation is 1. The van der Waals surface area contributed by atoms with Crippen molar-refractivity contribution < 1.29 is 9.50 Å². The Morgan fingerprint density at radius 3 is 2.65 bits per heavy atom. The maximum absolute atomic E-state index is 13.6. The number of rotatable bonds is 3. The van der Waals surface area contributed by atoms with E-state index in [0.717, 1.165) is 33.7 Å². The van der Waals surface area contributed by atoms with Crippen LogP contribution < -0.4 is 0 Å². The van der Waals surface area contributed by atoms with Crippen LogP contribution in [0.2, 0.25) is 0 Å². The second-order valence-electron chi connectivity index (χ2n) is 6.37. The molecule has 0 spiro atoms. The number of fused-ring (bicyclic) bond motifs is 1. The van der Waals surface area contributed by atoms with E-state index in [0.29, 0.717) is 5.56 Å². The third-order valence-electron chi connectivity index (χ3n) is 4.51. The molecule has 0 fully saturated rings. The predicted octanol–water partition coefficient (Wildman–Crippen LogP) is 4.56. The number of hydrogen-bond acceptors (Lipinski definition) is 3. The summed E-state index contributed by atoms with van der Waals surface area (Å²) in [4.78, 5) is 8.85. The highest BCUT2D eigenvalue weighted by Crippen LogP contribution is 2.31. The van der Waals surface area contributed by atoms with Crippen LogP contribution in [0.5, 0.6) is 0 Å². The van der Waals surface area contributed by atoms with Gasteiger partial charge in [-0.2, -0.15) is 0 Å². The monoisotopic (exact) mass is 347 g/mol. The van der Waals surface area contributed by atoms with Crippen molar-refractivity contribution in [1.82, 2.24) is 14.4 Å². The second kappa shape index (κ2) is 6.35. The van der Waals surface area contributed by atoms with Crippen molar-refractivity contribution in [3.8, 4) is 22.4 Å². The molecular weight excluding hydrogens is 329 g/mol. The fourth-order valence-corrected chi connectivity index (χ4v) is 3.13. The second-order valence-corrected chi connectivity index (χ2v) is 6.37. The van der Waals surface area contributed by atoms with E-state index in [1.54, 1.807) is 38.4 Å². The van der Waals surface area contributed by atoms with Crippen LogP contribution in [0, 0.1) is 12.7 Å². The normalized spacial score (nSPS) is 12.5. The van der Waals surface area contributed by atoms with Crippen LogP contribution in [-0.2, 0) is 0 Å². The van der Waals surface area contributed by atoms with Crippen molar-refractivity contribution in [2.75, 3.05) is 0 Å². The Morgan fingerprint density at radius 2 is 1.88 bits per heavy atom. The van der Waals surface area contributed by atoms with Gasteiger partial charge in [-0.25, -0.2) is 9.37 Å². The van der Waals surface area contributed by atoms with Crippen LogP contribution in [-0.4, -0.2) is 19.5 Å². The molecule has 0 saturated heterocycles. The lowest BCUT2D eigenvalue weighted by Crippen LogP contribution is -1.98. The Bertz CT molecular complexity index is 1100. The highest BCUT2D eigenvalue weighted by atomic mass is 19.1. The first-order valence-electron chi connectivity index (χ1n) is 8.41. The summed E-state index contributed by atoms with van der Waals surface area (Å²) >= 11 is 0. The molecule has 0 saturated carbocycles. The molecule has 0 aliphatic rings. The van der Waals surface area contributed by atoms with Gasteiger partial charge >= 0.3 is 0 Å². The van der Waals surface area contributed by atoms with Gasteiger partial charge in [-0.15, -0.1) is 0 Å². The van der Waals surface area contributed by atoms with Crippen LogP contribution in [0.15, 0.2) is 61.1 Å². The zero-order valence-corrected chi connectivity index (χ0v) is 14.5. The number of pyridine rings is 2. The molecule has 1 aromatic carbocycles. The maximum atomic E-state index is 13.6. The number of hydrogen-bond donors (Lipinski definition) is 1. The quantitative estimate of drug-likeness (QED) is 0.591. The van der Waals surface area contributed by atoms with Gasteiger partial charge in [0.05, 0.1) is 23.7 Å². The van der Waals surface area contributed by atoms with Crippen molar-refractivity contribution in [2.45, 2.75) is 20.0 Å². The largest absolute Gasteiger partial charge is 0.387 e. The molecule has 3 heterocycles. The summed E-state index contributed by atoms with van der Waals surface area (Å²) in [6.45, 7) is 3.46. The first-order valence-corrected chi connectivity index (χ1v) is 8.41. The number of aliphatic hydroxyl groups is 1. The predicted molar refractivity (Wildman–Crippen MR) is 99.2 cm³/mol. The van der Waals surface area contributed by atoms with Gasteiger partial charge in [0.15, 0.2) is 0 Å². The Hall–Kier alpha value is -3.05. The molecule has 0 amide bonds. The molecule has 1 unspecified atom stereocenters. The van der Waals surface area contributed by atoms with Crippen molar-refractivity contribution in [3.63, 3.8) is 0 Å². The van der Waals surface area contributed by atoms with E-state index >= 15 is 0 Å². The molecule has 0 bridgehead atoms. The van der Waals surface area contributed by atoms with Gasteiger partial charge < -0.3 is 9.51 Å². The van der Waals surface area contributed by atoms with Crippen LogP contribution in [0.1, 0.15) is 24.3 Å². The first kappa shape index (κ1) is 16.4. The van der Waals surface area contributed by atoms with E-state index in [9.17, 15) is 9.50 Å². The fraction of sp³-hybridized carbons (Fsp3) is 0.143. The summed E-state index contributed by atoms with van der Waals surface area (Å²) in [6.07, 6.45) is 4.74. The fourth-order valence-electron chi connectivity index (χ4n) is 3.13. The minimum Gasteiger partial charge on any atom is -0.387 e. The minimum atomic E-state index is -0.617. The van der Waals surface area contributed by atoms with Crippen molar-refractivity contribution in [3.05, 3.63) is 78.1 Å². The average molecular weight is 347 g/mol. The van der Waals surface area contributed by atoms with Gasteiger partial charge in [-0.1, -0.05) is 6.07 Å². The molecule has 5 heteroatoms. The average Bonchev–Trinajstić information content (AvgIpc) is 3.07. The Labute approximate surface area is 150 Å². The lowest BCUT2D eigenvalue weighted by Gasteiger charge is -2.11. The van der Waals surface area contributed by atoms with E-state index in [1.165, 1.54) is 6.07 Å². The first-order chi connectivity index (χ1) is 12.5. The van der Waals surface area contributed by atoms with Crippen LogP contribution in [0.25, 0.3) is 28.0 Å². The molecule has 0 aliphatic carbocycles. The molecule has 3 aromatic heterocycles. The number of halogens is 1. The summed E-state index contributed by atoms with van der Waals surface area (Å²) in [6, 6.07) is 12.8. The van der Waals surface area contributed by atoms with Crippen molar-refractivity contribution in [1.29, 1.82) is 0 Å². The van der Waals surface area contributed by atoms with Crippen molar-refractivity contribution in [2.24, 2.45) is 0 Å². The van der Waals surface area contributed by atoms with E-state index in [4.69, 9.17) is 0 Å². The molecule has 0 aliphatic heterocycles. The van der Waals surface area contributed by atoms with Crippen LogP contribution >= 0.6 is 0 Å². The summed E-state index contributed by atoms with van der Waals surface area (Å²) in [5, 5.41) is 9.95. The van der Waals surface area contributed by atoms with Gasteiger partial charge in [0.1, 0.15) is 11.5 Å². The number of imidazole rings is 1. The van der Waals surface area contributed by atoms with Crippen molar-refractivity contribution >= 4 is 5.65 Å². The molecular formula is C21H18FN3O. The van der Waals surface area contributed by atoms with E-state index in [1.807, 2.05) is 34.9 Å². The third-order valence-corrected chi connectivity index (χ3v) is 4.51. The molecule has 1 atom stereocenters. The molecule has 4 rings (SSSR count). The van der Waals surface area contributed by atoms with E-state index in [2.05, 4.69) is 9.97 Å².